The molecule has 0 aromatic rings. The summed E-state index contributed by atoms with van der Waals surface area (Å²) in [7, 11) is 0. The van der Waals surface area contributed by atoms with Crippen molar-refractivity contribution >= 4 is 0 Å². The predicted molar refractivity (Wildman–Crippen MR) is 54.3 cm³/mol. The summed E-state index contributed by atoms with van der Waals surface area (Å²) in [6.07, 6.45) is 4.58. The lowest BCUT2D eigenvalue weighted by Crippen LogP contribution is -2.41. The van der Waals surface area contributed by atoms with Crippen LogP contribution in [-0.4, -0.2) is 11.2 Å². The molecule has 3 aliphatic carbocycles. The summed E-state index contributed by atoms with van der Waals surface area (Å²) >= 11 is 0. The zero-order valence-electron chi connectivity index (χ0n) is 8.83. The maximum Gasteiger partial charge on any atom is 0.0611 e. The normalized spacial score (nSPS) is 43.9. The summed E-state index contributed by atoms with van der Waals surface area (Å²) in [6.45, 7) is 6.79. The van der Waals surface area contributed by atoms with Crippen molar-refractivity contribution in [3.8, 4) is 0 Å². The molecule has 13 heavy (non-hydrogen) atoms. The van der Waals surface area contributed by atoms with E-state index in [-0.39, 0.29) is 6.10 Å². The number of aliphatic hydroxyl groups is 1. The van der Waals surface area contributed by atoms with Gasteiger partial charge in [-0.1, -0.05) is 25.5 Å². The highest BCUT2D eigenvalue weighted by Crippen LogP contribution is 2.46. The maximum atomic E-state index is 9.83. The number of hydrogen-bond acceptors (Lipinski definition) is 1. The molecule has 1 heteroatoms. The monoisotopic (exact) mass is 180 g/mol. The minimum atomic E-state index is -0.0509. The smallest absolute Gasteiger partial charge is 0.0611 e. The molecule has 0 saturated heterocycles. The molecule has 0 aromatic carbocycles. The molecule has 0 spiro atoms. The zero-order valence-corrected chi connectivity index (χ0v) is 8.83. The Bertz CT molecular complexity index is 229. The van der Waals surface area contributed by atoms with E-state index in [1.165, 1.54) is 12.0 Å². The van der Waals surface area contributed by atoms with Crippen molar-refractivity contribution in [3.05, 3.63) is 11.6 Å². The molecule has 0 amide bonds. The summed E-state index contributed by atoms with van der Waals surface area (Å²) in [5.41, 5.74) is 1.43. The fourth-order valence-corrected chi connectivity index (χ4v) is 3.15. The molecule has 2 bridgehead atoms. The number of rotatable bonds is 1. The van der Waals surface area contributed by atoms with E-state index in [0.717, 1.165) is 18.3 Å². The highest BCUT2D eigenvalue weighted by Gasteiger charge is 2.41. The fourth-order valence-electron chi connectivity index (χ4n) is 3.15. The molecule has 0 aromatic heterocycles. The van der Waals surface area contributed by atoms with Gasteiger partial charge in [0.1, 0.15) is 0 Å². The van der Waals surface area contributed by atoms with Gasteiger partial charge in [0.25, 0.3) is 0 Å². The lowest BCUT2D eigenvalue weighted by molar-refractivity contribution is 0.0173. The van der Waals surface area contributed by atoms with Gasteiger partial charge in [0, 0.05) is 5.92 Å². The van der Waals surface area contributed by atoms with Gasteiger partial charge in [-0.3, -0.25) is 0 Å². The first-order valence-electron chi connectivity index (χ1n) is 5.46. The summed E-state index contributed by atoms with van der Waals surface area (Å²) in [5, 5.41) is 9.83. The van der Waals surface area contributed by atoms with E-state index < -0.39 is 0 Å². The first-order valence-corrected chi connectivity index (χ1v) is 5.46. The minimum absolute atomic E-state index is 0.0509. The van der Waals surface area contributed by atoms with Crippen molar-refractivity contribution < 1.29 is 5.11 Å². The van der Waals surface area contributed by atoms with Crippen molar-refractivity contribution in [2.45, 2.75) is 39.7 Å². The van der Waals surface area contributed by atoms with Crippen LogP contribution in [0.3, 0.4) is 0 Å². The summed E-state index contributed by atoms with van der Waals surface area (Å²) in [5.74, 6) is 2.71. The quantitative estimate of drug-likeness (QED) is 0.615. The molecular formula is C12H20O. The summed E-state index contributed by atoms with van der Waals surface area (Å²) in [4.78, 5) is 0. The highest BCUT2D eigenvalue weighted by molar-refractivity contribution is 5.18. The number of aliphatic hydroxyl groups excluding tert-OH is 1. The van der Waals surface area contributed by atoms with Crippen molar-refractivity contribution in [1.29, 1.82) is 0 Å². The molecule has 1 N–H and O–H groups in total. The van der Waals surface area contributed by atoms with E-state index in [2.05, 4.69) is 26.8 Å². The molecule has 74 valence electrons. The Balaban J connectivity index is 2.21. The SMILES string of the molecule is CC1=CC2CC(O)C1CC2C(C)C. The molecule has 4 atom stereocenters. The molecule has 3 rings (SSSR count). The molecule has 4 unspecified atom stereocenters. The van der Waals surface area contributed by atoms with Gasteiger partial charge in [0.15, 0.2) is 0 Å². The molecule has 3 aliphatic rings. The van der Waals surface area contributed by atoms with Crippen LogP contribution >= 0.6 is 0 Å². The largest absolute Gasteiger partial charge is 0.392 e. The van der Waals surface area contributed by atoms with Crippen molar-refractivity contribution in [1.82, 2.24) is 0 Å². The van der Waals surface area contributed by atoms with Gasteiger partial charge in [-0.2, -0.15) is 0 Å². The Morgan fingerprint density at radius 2 is 2.08 bits per heavy atom. The third-order valence-electron chi connectivity index (χ3n) is 3.97. The zero-order chi connectivity index (χ0) is 9.59. The number of hydrogen-bond donors (Lipinski definition) is 1. The van der Waals surface area contributed by atoms with E-state index in [9.17, 15) is 5.11 Å². The van der Waals surface area contributed by atoms with Crippen LogP contribution in [0.1, 0.15) is 33.6 Å². The van der Waals surface area contributed by atoms with Gasteiger partial charge < -0.3 is 5.11 Å². The van der Waals surface area contributed by atoms with Gasteiger partial charge in [-0.25, -0.2) is 0 Å². The lowest BCUT2D eigenvalue weighted by Gasteiger charge is -2.45. The molecule has 0 aliphatic heterocycles. The maximum absolute atomic E-state index is 9.83. The van der Waals surface area contributed by atoms with E-state index in [0.29, 0.717) is 11.8 Å². The third kappa shape index (κ3) is 1.43. The van der Waals surface area contributed by atoms with E-state index >= 15 is 0 Å². The van der Waals surface area contributed by atoms with Gasteiger partial charge in [-0.05, 0) is 37.5 Å². The molecule has 0 radical (unpaired) electrons. The van der Waals surface area contributed by atoms with Crippen molar-refractivity contribution in [2.75, 3.05) is 0 Å². The van der Waals surface area contributed by atoms with Crippen LogP contribution < -0.4 is 0 Å². The second-order valence-electron chi connectivity index (χ2n) is 5.13. The Morgan fingerprint density at radius 1 is 1.38 bits per heavy atom. The minimum Gasteiger partial charge on any atom is -0.392 e. The van der Waals surface area contributed by atoms with Crippen LogP contribution in [0.2, 0.25) is 0 Å². The van der Waals surface area contributed by atoms with Gasteiger partial charge in [-0.15, -0.1) is 0 Å². The second kappa shape index (κ2) is 3.13. The van der Waals surface area contributed by atoms with Crippen molar-refractivity contribution in [2.24, 2.45) is 23.7 Å². The first-order chi connectivity index (χ1) is 6.09. The van der Waals surface area contributed by atoms with E-state index in [1.54, 1.807) is 0 Å². The average Bonchev–Trinajstić information content (AvgIpc) is 2.02. The van der Waals surface area contributed by atoms with Crippen molar-refractivity contribution in [3.63, 3.8) is 0 Å². The topological polar surface area (TPSA) is 20.2 Å². The first kappa shape index (κ1) is 9.26. The third-order valence-corrected chi connectivity index (χ3v) is 3.97. The van der Waals surface area contributed by atoms with Crippen LogP contribution in [0, 0.1) is 23.7 Å². The summed E-state index contributed by atoms with van der Waals surface area (Å²) < 4.78 is 0. The van der Waals surface area contributed by atoms with Crippen LogP contribution in [-0.2, 0) is 0 Å². The molecule has 0 heterocycles. The van der Waals surface area contributed by atoms with Crippen LogP contribution in [0.25, 0.3) is 0 Å². The summed E-state index contributed by atoms with van der Waals surface area (Å²) in [6, 6.07) is 0. The fraction of sp³-hybridized carbons (Fsp3) is 0.833. The average molecular weight is 180 g/mol. The Morgan fingerprint density at radius 3 is 2.54 bits per heavy atom. The Labute approximate surface area is 80.8 Å². The Hall–Kier alpha value is -0.300. The van der Waals surface area contributed by atoms with E-state index in [4.69, 9.17) is 0 Å². The highest BCUT2D eigenvalue weighted by atomic mass is 16.3. The number of allylic oxidation sites excluding steroid dienone is 1. The molecule has 1 saturated carbocycles. The number of fused-ring (bicyclic) bond motifs is 2. The van der Waals surface area contributed by atoms with Gasteiger partial charge in [0.05, 0.1) is 6.10 Å². The Kier molecular flexibility index (Phi) is 2.23. The lowest BCUT2D eigenvalue weighted by atomic mass is 9.61. The molecule has 1 fully saturated rings. The van der Waals surface area contributed by atoms with E-state index in [1.807, 2.05) is 0 Å². The van der Waals surface area contributed by atoms with Crippen LogP contribution in [0.4, 0.5) is 0 Å². The standard InChI is InChI=1S/C12H20O/c1-7(2)10-6-11-8(3)4-9(10)5-12(11)13/h4,7,9-13H,5-6H2,1-3H3. The van der Waals surface area contributed by atoms with Gasteiger partial charge in [0.2, 0.25) is 0 Å². The molecular weight excluding hydrogens is 160 g/mol. The predicted octanol–water partition coefficient (Wildman–Crippen LogP) is 2.61. The second-order valence-corrected chi connectivity index (χ2v) is 5.13. The van der Waals surface area contributed by atoms with Gasteiger partial charge >= 0.3 is 0 Å². The molecule has 1 nitrogen and oxygen atoms in total. The van der Waals surface area contributed by atoms with Crippen LogP contribution in [0.15, 0.2) is 11.6 Å². The van der Waals surface area contributed by atoms with Crippen LogP contribution in [0.5, 0.6) is 0 Å².